The molecule has 1 rings (SSSR count). The molecular weight excluding hydrogens is 204 g/mol. The molecule has 4 nitrogen and oxygen atoms in total. The van der Waals surface area contributed by atoms with Gasteiger partial charge in [-0.3, -0.25) is 10.2 Å². The Kier molecular flexibility index (Phi) is 5.53. The predicted molar refractivity (Wildman–Crippen MR) is 62.4 cm³/mol. The number of carbonyl (C=O) groups excluding carboxylic acids is 1. The van der Waals surface area contributed by atoms with E-state index in [0.717, 1.165) is 24.2 Å². The van der Waals surface area contributed by atoms with Gasteiger partial charge < -0.3 is 4.74 Å². The molecule has 1 aromatic carbocycles. The average molecular weight is 222 g/mol. The molecule has 4 heteroatoms. The Hall–Kier alpha value is -1.39. The summed E-state index contributed by atoms with van der Waals surface area (Å²) < 4.78 is 5.41. The maximum Gasteiger partial charge on any atom is 0.238 e. The molecule has 0 fully saturated rings. The average Bonchev–Trinajstić information content (AvgIpc) is 2.31. The minimum Gasteiger partial charge on any atom is -0.377 e. The zero-order valence-corrected chi connectivity index (χ0v) is 9.53. The van der Waals surface area contributed by atoms with Crippen LogP contribution in [0.1, 0.15) is 24.5 Å². The fraction of sp³-hybridized carbons (Fsp3) is 0.417. The van der Waals surface area contributed by atoms with Crippen molar-refractivity contribution in [3.63, 3.8) is 0 Å². The quantitative estimate of drug-likeness (QED) is 0.328. The number of hydrazine groups is 1. The Morgan fingerprint density at radius 3 is 2.50 bits per heavy atom. The smallest absolute Gasteiger partial charge is 0.238 e. The van der Waals surface area contributed by atoms with Crippen LogP contribution in [0.25, 0.3) is 0 Å². The van der Waals surface area contributed by atoms with Crippen molar-refractivity contribution in [3.05, 3.63) is 35.4 Å². The van der Waals surface area contributed by atoms with Gasteiger partial charge in [0.2, 0.25) is 5.91 Å². The second-order valence-corrected chi connectivity index (χ2v) is 3.61. The van der Waals surface area contributed by atoms with Crippen molar-refractivity contribution in [3.8, 4) is 0 Å². The lowest BCUT2D eigenvalue weighted by molar-refractivity contribution is -0.120. The number of nitrogens with one attached hydrogen (secondary N) is 1. The molecule has 16 heavy (non-hydrogen) atoms. The van der Waals surface area contributed by atoms with Gasteiger partial charge in [-0.05, 0) is 17.5 Å². The SMILES string of the molecule is CCCOCc1ccc(CC(=O)NN)cc1. The van der Waals surface area contributed by atoms with E-state index in [4.69, 9.17) is 10.6 Å². The van der Waals surface area contributed by atoms with Gasteiger partial charge >= 0.3 is 0 Å². The van der Waals surface area contributed by atoms with E-state index in [1.807, 2.05) is 24.3 Å². The number of ether oxygens (including phenoxy) is 1. The maximum atomic E-state index is 11.0. The van der Waals surface area contributed by atoms with Crippen molar-refractivity contribution in [2.45, 2.75) is 26.4 Å². The van der Waals surface area contributed by atoms with Gasteiger partial charge in [0.25, 0.3) is 0 Å². The molecule has 0 bridgehead atoms. The van der Waals surface area contributed by atoms with Gasteiger partial charge in [0.15, 0.2) is 0 Å². The molecule has 0 unspecified atom stereocenters. The third-order valence-corrected chi connectivity index (χ3v) is 2.17. The molecular formula is C12H18N2O2. The summed E-state index contributed by atoms with van der Waals surface area (Å²) in [7, 11) is 0. The normalized spacial score (nSPS) is 10.1. The molecule has 88 valence electrons. The van der Waals surface area contributed by atoms with Gasteiger partial charge in [-0.25, -0.2) is 5.84 Å². The largest absolute Gasteiger partial charge is 0.377 e. The topological polar surface area (TPSA) is 64.3 Å². The van der Waals surface area contributed by atoms with Crippen LogP contribution in [0.4, 0.5) is 0 Å². The van der Waals surface area contributed by atoms with Gasteiger partial charge in [0.1, 0.15) is 0 Å². The van der Waals surface area contributed by atoms with Gasteiger partial charge in [-0.2, -0.15) is 0 Å². The first-order valence-electron chi connectivity index (χ1n) is 5.41. The van der Waals surface area contributed by atoms with E-state index in [-0.39, 0.29) is 5.91 Å². The molecule has 0 saturated carbocycles. The number of rotatable bonds is 6. The van der Waals surface area contributed by atoms with Crippen molar-refractivity contribution < 1.29 is 9.53 Å². The Morgan fingerprint density at radius 1 is 1.31 bits per heavy atom. The molecule has 0 aliphatic rings. The molecule has 0 aliphatic heterocycles. The van der Waals surface area contributed by atoms with E-state index in [1.54, 1.807) is 0 Å². The Labute approximate surface area is 95.8 Å². The van der Waals surface area contributed by atoms with E-state index < -0.39 is 0 Å². The number of hydrogen-bond acceptors (Lipinski definition) is 3. The Balaban J connectivity index is 2.44. The van der Waals surface area contributed by atoms with Crippen LogP contribution in [-0.2, 0) is 22.6 Å². The summed E-state index contributed by atoms with van der Waals surface area (Å²) in [6, 6.07) is 7.77. The zero-order chi connectivity index (χ0) is 11.8. The van der Waals surface area contributed by atoms with E-state index >= 15 is 0 Å². The molecule has 0 spiro atoms. The van der Waals surface area contributed by atoms with Crippen LogP contribution in [0.2, 0.25) is 0 Å². The van der Waals surface area contributed by atoms with Crippen LogP contribution >= 0.6 is 0 Å². The maximum absolute atomic E-state index is 11.0. The van der Waals surface area contributed by atoms with Crippen LogP contribution in [0.15, 0.2) is 24.3 Å². The predicted octanol–water partition coefficient (Wildman–Crippen LogP) is 1.15. The first-order chi connectivity index (χ1) is 7.76. The Bertz CT molecular complexity index is 322. The van der Waals surface area contributed by atoms with Crippen molar-refractivity contribution in [1.82, 2.24) is 5.43 Å². The van der Waals surface area contributed by atoms with E-state index in [9.17, 15) is 4.79 Å². The first-order valence-corrected chi connectivity index (χ1v) is 5.41. The summed E-state index contributed by atoms with van der Waals surface area (Å²) in [5, 5.41) is 0. The van der Waals surface area contributed by atoms with Crippen LogP contribution in [0.5, 0.6) is 0 Å². The van der Waals surface area contributed by atoms with Crippen molar-refractivity contribution in [1.29, 1.82) is 0 Å². The van der Waals surface area contributed by atoms with Gasteiger partial charge in [-0.15, -0.1) is 0 Å². The summed E-state index contributed by atoms with van der Waals surface area (Å²) in [6.45, 7) is 3.48. The summed E-state index contributed by atoms with van der Waals surface area (Å²) in [5.74, 6) is 4.83. The molecule has 0 aromatic heterocycles. The lowest BCUT2D eigenvalue weighted by atomic mass is 10.1. The van der Waals surface area contributed by atoms with Crippen molar-refractivity contribution in [2.24, 2.45) is 5.84 Å². The highest BCUT2D eigenvalue weighted by molar-refractivity contribution is 5.77. The fourth-order valence-corrected chi connectivity index (χ4v) is 1.32. The van der Waals surface area contributed by atoms with Crippen molar-refractivity contribution in [2.75, 3.05) is 6.61 Å². The van der Waals surface area contributed by atoms with Crippen LogP contribution in [0.3, 0.4) is 0 Å². The molecule has 0 aliphatic carbocycles. The molecule has 3 N–H and O–H groups in total. The first kappa shape index (κ1) is 12.7. The minimum absolute atomic E-state index is 0.185. The monoisotopic (exact) mass is 222 g/mol. The van der Waals surface area contributed by atoms with Gasteiger partial charge in [0, 0.05) is 6.61 Å². The summed E-state index contributed by atoms with van der Waals surface area (Å²) >= 11 is 0. The van der Waals surface area contributed by atoms with Crippen LogP contribution < -0.4 is 11.3 Å². The zero-order valence-electron chi connectivity index (χ0n) is 9.53. The standard InChI is InChI=1S/C12H18N2O2/c1-2-7-16-9-11-5-3-10(4-6-11)8-12(15)14-13/h3-6H,2,7-9,13H2,1H3,(H,14,15). The second-order valence-electron chi connectivity index (χ2n) is 3.61. The highest BCUT2D eigenvalue weighted by Gasteiger charge is 2.00. The molecule has 1 amide bonds. The molecule has 0 saturated heterocycles. The van der Waals surface area contributed by atoms with E-state index in [0.29, 0.717) is 13.0 Å². The third kappa shape index (κ3) is 4.42. The van der Waals surface area contributed by atoms with E-state index in [1.165, 1.54) is 0 Å². The third-order valence-electron chi connectivity index (χ3n) is 2.17. The number of hydrogen-bond donors (Lipinski definition) is 2. The van der Waals surface area contributed by atoms with Crippen LogP contribution in [-0.4, -0.2) is 12.5 Å². The summed E-state index contributed by atoms with van der Waals surface area (Å²) in [4.78, 5) is 11.0. The summed E-state index contributed by atoms with van der Waals surface area (Å²) in [6.07, 6.45) is 1.33. The number of carbonyl (C=O) groups is 1. The van der Waals surface area contributed by atoms with Gasteiger partial charge in [0.05, 0.1) is 13.0 Å². The lowest BCUT2D eigenvalue weighted by Gasteiger charge is -2.04. The lowest BCUT2D eigenvalue weighted by Crippen LogP contribution is -2.31. The Morgan fingerprint density at radius 2 is 1.94 bits per heavy atom. The fourth-order valence-electron chi connectivity index (χ4n) is 1.32. The molecule has 0 heterocycles. The van der Waals surface area contributed by atoms with Crippen molar-refractivity contribution >= 4 is 5.91 Å². The molecule has 0 atom stereocenters. The number of nitrogens with two attached hydrogens (primary N) is 1. The summed E-state index contributed by atoms with van der Waals surface area (Å²) in [5.41, 5.74) is 4.17. The second kappa shape index (κ2) is 6.98. The van der Waals surface area contributed by atoms with E-state index in [2.05, 4.69) is 12.3 Å². The number of amides is 1. The van der Waals surface area contributed by atoms with Gasteiger partial charge in [-0.1, -0.05) is 31.2 Å². The highest BCUT2D eigenvalue weighted by atomic mass is 16.5. The highest BCUT2D eigenvalue weighted by Crippen LogP contribution is 2.06. The minimum atomic E-state index is -0.185. The molecule has 0 radical (unpaired) electrons. The van der Waals surface area contributed by atoms with Crippen LogP contribution in [0, 0.1) is 0 Å². The number of benzene rings is 1. The molecule has 1 aromatic rings.